The molecule has 0 atom stereocenters. The number of anilines is 1. The minimum Gasteiger partial charge on any atom is -0.399 e. The van der Waals surface area contributed by atoms with E-state index in [1.165, 1.54) is 0 Å². The SMILES string of the molecule is CC(C)(C)c1cnc(-c2ccc(N)cc2)[nH]1. The van der Waals surface area contributed by atoms with Gasteiger partial charge in [0.25, 0.3) is 0 Å². The molecule has 0 aliphatic carbocycles. The maximum Gasteiger partial charge on any atom is 0.137 e. The highest BCUT2D eigenvalue weighted by molar-refractivity contribution is 5.58. The van der Waals surface area contributed by atoms with Crippen LogP contribution in [0.1, 0.15) is 26.5 Å². The summed E-state index contributed by atoms with van der Waals surface area (Å²) in [5.41, 5.74) is 8.71. The maximum absolute atomic E-state index is 5.65. The van der Waals surface area contributed by atoms with Crippen LogP contribution in [0.5, 0.6) is 0 Å². The van der Waals surface area contributed by atoms with Crippen molar-refractivity contribution in [1.29, 1.82) is 0 Å². The zero-order valence-electron chi connectivity index (χ0n) is 9.91. The fourth-order valence-electron chi connectivity index (χ4n) is 1.49. The molecule has 0 unspecified atom stereocenters. The van der Waals surface area contributed by atoms with E-state index in [2.05, 4.69) is 30.7 Å². The summed E-state index contributed by atoms with van der Waals surface area (Å²) in [6, 6.07) is 7.71. The lowest BCUT2D eigenvalue weighted by Gasteiger charge is -2.15. The first-order chi connectivity index (χ1) is 7.47. The summed E-state index contributed by atoms with van der Waals surface area (Å²) in [5, 5.41) is 0. The van der Waals surface area contributed by atoms with E-state index >= 15 is 0 Å². The molecule has 0 saturated carbocycles. The molecule has 0 radical (unpaired) electrons. The Morgan fingerprint density at radius 1 is 1.12 bits per heavy atom. The summed E-state index contributed by atoms with van der Waals surface area (Å²) in [7, 11) is 0. The van der Waals surface area contributed by atoms with Gasteiger partial charge in [0.1, 0.15) is 5.82 Å². The molecule has 1 aromatic carbocycles. The molecule has 1 heterocycles. The maximum atomic E-state index is 5.65. The van der Waals surface area contributed by atoms with Gasteiger partial charge >= 0.3 is 0 Å². The van der Waals surface area contributed by atoms with Crippen LogP contribution in [0.4, 0.5) is 5.69 Å². The van der Waals surface area contributed by atoms with Crippen LogP contribution in [0.3, 0.4) is 0 Å². The molecular weight excluding hydrogens is 198 g/mol. The van der Waals surface area contributed by atoms with Gasteiger partial charge in [0.05, 0.1) is 0 Å². The number of H-pyrrole nitrogens is 1. The van der Waals surface area contributed by atoms with Gasteiger partial charge in [-0.25, -0.2) is 4.98 Å². The van der Waals surface area contributed by atoms with Crippen molar-refractivity contribution in [2.24, 2.45) is 0 Å². The molecule has 0 aliphatic rings. The summed E-state index contributed by atoms with van der Waals surface area (Å²) in [6.07, 6.45) is 1.89. The first-order valence-electron chi connectivity index (χ1n) is 5.38. The third kappa shape index (κ3) is 2.08. The first kappa shape index (κ1) is 10.7. The van der Waals surface area contributed by atoms with E-state index in [-0.39, 0.29) is 5.41 Å². The molecule has 0 spiro atoms. The molecule has 16 heavy (non-hydrogen) atoms. The third-order valence-electron chi connectivity index (χ3n) is 2.57. The number of rotatable bonds is 1. The predicted octanol–water partition coefficient (Wildman–Crippen LogP) is 2.96. The van der Waals surface area contributed by atoms with Crippen molar-refractivity contribution in [1.82, 2.24) is 9.97 Å². The molecule has 3 heteroatoms. The number of nitrogens with one attached hydrogen (secondary N) is 1. The van der Waals surface area contributed by atoms with Crippen LogP contribution in [-0.2, 0) is 5.41 Å². The van der Waals surface area contributed by atoms with Gasteiger partial charge in [0, 0.05) is 28.6 Å². The minimum absolute atomic E-state index is 0.0963. The number of nitrogen functional groups attached to an aromatic ring is 1. The second kappa shape index (κ2) is 3.67. The van der Waals surface area contributed by atoms with Gasteiger partial charge in [0.15, 0.2) is 0 Å². The average molecular weight is 215 g/mol. The normalized spacial score (nSPS) is 11.7. The number of hydrogen-bond acceptors (Lipinski definition) is 2. The zero-order valence-corrected chi connectivity index (χ0v) is 9.91. The fourth-order valence-corrected chi connectivity index (χ4v) is 1.49. The molecule has 0 amide bonds. The molecule has 1 aromatic heterocycles. The Morgan fingerprint density at radius 3 is 2.25 bits per heavy atom. The lowest BCUT2D eigenvalue weighted by atomic mass is 9.93. The Labute approximate surface area is 95.7 Å². The van der Waals surface area contributed by atoms with Crippen molar-refractivity contribution in [2.45, 2.75) is 26.2 Å². The van der Waals surface area contributed by atoms with Gasteiger partial charge in [0.2, 0.25) is 0 Å². The monoisotopic (exact) mass is 215 g/mol. The number of hydrogen-bond donors (Lipinski definition) is 2. The van der Waals surface area contributed by atoms with E-state index in [4.69, 9.17) is 5.73 Å². The largest absolute Gasteiger partial charge is 0.399 e. The Hall–Kier alpha value is -1.77. The standard InChI is InChI=1S/C13H17N3/c1-13(2,3)11-8-15-12(16-11)9-4-6-10(14)7-5-9/h4-8H,14H2,1-3H3,(H,15,16). The number of benzene rings is 1. The van der Waals surface area contributed by atoms with E-state index in [0.29, 0.717) is 0 Å². The van der Waals surface area contributed by atoms with E-state index in [1.807, 2.05) is 30.5 Å². The third-order valence-corrected chi connectivity index (χ3v) is 2.57. The molecule has 0 fully saturated rings. The number of aromatic amines is 1. The van der Waals surface area contributed by atoms with Crippen molar-refractivity contribution in [3.8, 4) is 11.4 Å². The van der Waals surface area contributed by atoms with Gasteiger partial charge < -0.3 is 10.7 Å². The Bertz CT molecular complexity index is 475. The van der Waals surface area contributed by atoms with Gasteiger partial charge in [-0.2, -0.15) is 0 Å². The predicted molar refractivity (Wildman–Crippen MR) is 67.1 cm³/mol. The van der Waals surface area contributed by atoms with E-state index in [1.54, 1.807) is 0 Å². The summed E-state index contributed by atoms with van der Waals surface area (Å²) in [5.74, 6) is 0.893. The van der Waals surface area contributed by atoms with Gasteiger partial charge in [-0.05, 0) is 24.3 Å². The quantitative estimate of drug-likeness (QED) is 0.718. The van der Waals surface area contributed by atoms with Crippen molar-refractivity contribution in [3.63, 3.8) is 0 Å². The second-order valence-corrected chi connectivity index (χ2v) is 5.02. The number of aromatic nitrogens is 2. The lowest BCUT2D eigenvalue weighted by Crippen LogP contribution is -2.11. The van der Waals surface area contributed by atoms with Crippen LogP contribution in [0, 0.1) is 0 Å². The summed E-state index contributed by atoms with van der Waals surface area (Å²) in [4.78, 5) is 7.72. The van der Waals surface area contributed by atoms with E-state index in [9.17, 15) is 0 Å². The molecule has 0 aliphatic heterocycles. The van der Waals surface area contributed by atoms with Crippen LogP contribution >= 0.6 is 0 Å². The number of nitrogens with zero attached hydrogens (tertiary/aromatic N) is 1. The average Bonchev–Trinajstić information content (AvgIpc) is 2.67. The van der Waals surface area contributed by atoms with Gasteiger partial charge in [-0.1, -0.05) is 20.8 Å². The zero-order chi connectivity index (χ0) is 11.8. The highest BCUT2D eigenvalue weighted by Gasteiger charge is 2.16. The fraction of sp³-hybridized carbons (Fsp3) is 0.308. The van der Waals surface area contributed by atoms with Gasteiger partial charge in [-0.15, -0.1) is 0 Å². The van der Waals surface area contributed by atoms with Crippen molar-refractivity contribution in [2.75, 3.05) is 5.73 Å². The molecule has 2 aromatic rings. The van der Waals surface area contributed by atoms with Crippen LogP contribution in [0.25, 0.3) is 11.4 Å². The second-order valence-electron chi connectivity index (χ2n) is 5.02. The highest BCUT2D eigenvalue weighted by atomic mass is 14.9. The number of nitrogens with two attached hydrogens (primary N) is 1. The molecule has 0 saturated heterocycles. The first-order valence-corrected chi connectivity index (χ1v) is 5.38. The van der Waals surface area contributed by atoms with Crippen molar-refractivity contribution < 1.29 is 0 Å². The van der Waals surface area contributed by atoms with Crippen molar-refractivity contribution >= 4 is 5.69 Å². The minimum atomic E-state index is 0.0963. The van der Waals surface area contributed by atoms with Gasteiger partial charge in [-0.3, -0.25) is 0 Å². The van der Waals surface area contributed by atoms with Crippen LogP contribution in [0.2, 0.25) is 0 Å². The molecule has 0 bridgehead atoms. The molecular formula is C13H17N3. The van der Waals surface area contributed by atoms with Crippen LogP contribution < -0.4 is 5.73 Å². The van der Waals surface area contributed by atoms with E-state index in [0.717, 1.165) is 22.8 Å². The van der Waals surface area contributed by atoms with E-state index < -0.39 is 0 Å². The van der Waals surface area contributed by atoms with Crippen LogP contribution in [-0.4, -0.2) is 9.97 Å². The Balaban J connectivity index is 2.35. The van der Waals surface area contributed by atoms with Crippen molar-refractivity contribution in [3.05, 3.63) is 36.2 Å². The topological polar surface area (TPSA) is 54.7 Å². The Kier molecular flexibility index (Phi) is 2.46. The molecule has 3 N–H and O–H groups in total. The summed E-state index contributed by atoms with van der Waals surface area (Å²) in [6.45, 7) is 6.48. The summed E-state index contributed by atoms with van der Waals surface area (Å²) < 4.78 is 0. The highest BCUT2D eigenvalue weighted by Crippen LogP contribution is 2.24. The smallest absolute Gasteiger partial charge is 0.137 e. The lowest BCUT2D eigenvalue weighted by molar-refractivity contribution is 0.573. The molecule has 3 nitrogen and oxygen atoms in total. The molecule has 84 valence electrons. The number of imidazole rings is 1. The van der Waals surface area contributed by atoms with Crippen LogP contribution in [0.15, 0.2) is 30.5 Å². The molecule has 2 rings (SSSR count). The Morgan fingerprint density at radius 2 is 1.75 bits per heavy atom. The summed E-state index contributed by atoms with van der Waals surface area (Å²) >= 11 is 0.